The first-order valence-electron chi connectivity index (χ1n) is 8.28. The highest BCUT2D eigenvalue weighted by molar-refractivity contribution is 5.27. The van der Waals surface area contributed by atoms with Crippen LogP contribution in [0.1, 0.15) is 28.8 Å². The Labute approximate surface area is 144 Å². The number of hydrogen-bond acceptors (Lipinski definition) is 2. The maximum Gasteiger partial charge on any atom is 0.102 e. The van der Waals surface area contributed by atoms with Crippen molar-refractivity contribution in [3.8, 4) is 0 Å². The molecule has 0 saturated heterocycles. The van der Waals surface area contributed by atoms with Crippen LogP contribution in [0.5, 0.6) is 0 Å². The van der Waals surface area contributed by atoms with Gasteiger partial charge in [-0.05, 0) is 16.7 Å². The standard InChI is InChI=1S/C22H23NO/c1-24-22(20-15-9-4-10-16-20)21(19-13-7-3-8-14-19)23-17-18-11-5-2-6-12-18/h2-16,21-23H,17H2,1H3/t21-,22-/m0/s1. The lowest BCUT2D eigenvalue weighted by molar-refractivity contribution is 0.0668. The van der Waals surface area contributed by atoms with Gasteiger partial charge in [0.2, 0.25) is 0 Å². The molecule has 3 rings (SSSR count). The van der Waals surface area contributed by atoms with E-state index in [0.29, 0.717) is 0 Å². The van der Waals surface area contributed by atoms with E-state index in [1.807, 2.05) is 18.2 Å². The average molecular weight is 317 g/mol. The summed E-state index contributed by atoms with van der Waals surface area (Å²) < 4.78 is 5.88. The van der Waals surface area contributed by atoms with Crippen molar-refractivity contribution < 1.29 is 4.74 Å². The summed E-state index contributed by atoms with van der Waals surface area (Å²) in [6, 6.07) is 31.4. The average Bonchev–Trinajstić information content (AvgIpc) is 2.67. The fourth-order valence-corrected chi connectivity index (χ4v) is 2.99. The summed E-state index contributed by atoms with van der Waals surface area (Å²) in [7, 11) is 1.78. The SMILES string of the molecule is CO[C@@H](c1ccccc1)[C@@H](NCc1ccccc1)c1ccccc1. The van der Waals surface area contributed by atoms with Crippen LogP contribution in [0.3, 0.4) is 0 Å². The van der Waals surface area contributed by atoms with Gasteiger partial charge >= 0.3 is 0 Å². The third kappa shape index (κ3) is 4.10. The molecule has 0 heterocycles. The lowest BCUT2D eigenvalue weighted by Gasteiger charge is -2.28. The number of hydrogen-bond donors (Lipinski definition) is 1. The third-order valence-corrected chi connectivity index (χ3v) is 4.21. The van der Waals surface area contributed by atoms with Crippen LogP contribution >= 0.6 is 0 Å². The van der Waals surface area contributed by atoms with Crippen LogP contribution in [0.25, 0.3) is 0 Å². The van der Waals surface area contributed by atoms with E-state index in [-0.39, 0.29) is 12.1 Å². The minimum absolute atomic E-state index is 0.0442. The van der Waals surface area contributed by atoms with E-state index in [1.54, 1.807) is 7.11 Å². The smallest absolute Gasteiger partial charge is 0.102 e. The molecule has 1 N–H and O–H groups in total. The molecule has 0 bridgehead atoms. The van der Waals surface area contributed by atoms with Crippen LogP contribution in [0.4, 0.5) is 0 Å². The summed E-state index contributed by atoms with van der Waals surface area (Å²) in [6.45, 7) is 0.799. The number of ether oxygens (including phenoxy) is 1. The molecule has 122 valence electrons. The van der Waals surface area contributed by atoms with Crippen LogP contribution in [0.2, 0.25) is 0 Å². The molecule has 0 aromatic heterocycles. The van der Waals surface area contributed by atoms with Crippen LogP contribution in [0.15, 0.2) is 91.0 Å². The van der Waals surface area contributed by atoms with Gasteiger partial charge in [-0.3, -0.25) is 0 Å². The van der Waals surface area contributed by atoms with Crippen LogP contribution in [0, 0.1) is 0 Å². The van der Waals surface area contributed by atoms with E-state index in [2.05, 4.69) is 78.1 Å². The van der Waals surface area contributed by atoms with E-state index in [1.165, 1.54) is 16.7 Å². The molecule has 3 aromatic carbocycles. The second-order valence-corrected chi connectivity index (χ2v) is 5.82. The molecule has 2 heteroatoms. The Morgan fingerprint density at radius 1 is 0.708 bits per heavy atom. The second-order valence-electron chi connectivity index (χ2n) is 5.82. The fourth-order valence-electron chi connectivity index (χ4n) is 2.99. The van der Waals surface area contributed by atoms with Crippen molar-refractivity contribution >= 4 is 0 Å². The molecule has 24 heavy (non-hydrogen) atoms. The van der Waals surface area contributed by atoms with E-state index in [4.69, 9.17) is 4.74 Å². The Morgan fingerprint density at radius 3 is 1.75 bits per heavy atom. The number of methoxy groups -OCH3 is 1. The molecule has 0 aliphatic heterocycles. The van der Waals surface area contributed by atoms with E-state index >= 15 is 0 Å². The van der Waals surface area contributed by atoms with Crippen molar-refractivity contribution in [3.05, 3.63) is 108 Å². The quantitative estimate of drug-likeness (QED) is 0.669. The van der Waals surface area contributed by atoms with Gasteiger partial charge in [-0.1, -0.05) is 91.0 Å². The molecule has 0 unspecified atom stereocenters. The number of rotatable bonds is 7. The summed E-state index contributed by atoms with van der Waals surface area (Å²) in [5.74, 6) is 0. The highest BCUT2D eigenvalue weighted by atomic mass is 16.5. The molecular weight excluding hydrogens is 294 g/mol. The van der Waals surface area contributed by atoms with E-state index in [0.717, 1.165) is 6.54 Å². The van der Waals surface area contributed by atoms with Crippen molar-refractivity contribution in [1.29, 1.82) is 0 Å². The Morgan fingerprint density at radius 2 is 1.21 bits per heavy atom. The van der Waals surface area contributed by atoms with Crippen LogP contribution in [-0.2, 0) is 11.3 Å². The Balaban J connectivity index is 1.86. The molecule has 0 spiro atoms. The van der Waals surface area contributed by atoms with Gasteiger partial charge in [0, 0.05) is 13.7 Å². The predicted octanol–water partition coefficient (Wildman–Crippen LogP) is 4.91. The molecule has 2 atom stereocenters. The highest BCUT2D eigenvalue weighted by Crippen LogP contribution is 2.31. The first-order valence-corrected chi connectivity index (χ1v) is 8.28. The van der Waals surface area contributed by atoms with Gasteiger partial charge in [-0.15, -0.1) is 0 Å². The van der Waals surface area contributed by atoms with Crippen molar-refractivity contribution in [1.82, 2.24) is 5.32 Å². The topological polar surface area (TPSA) is 21.3 Å². The maximum absolute atomic E-state index is 5.88. The molecule has 0 fully saturated rings. The molecule has 0 aliphatic rings. The normalized spacial score (nSPS) is 13.4. The van der Waals surface area contributed by atoms with Crippen molar-refractivity contribution in [3.63, 3.8) is 0 Å². The Kier molecular flexibility index (Phi) is 5.78. The van der Waals surface area contributed by atoms with Crippen LogP contribution < -0.4 is 5.32 Å². The Bertz CT molecular complexity index is 713. The molecule has 3 aromatic rings. The summed E-state index contributed by atoms with van der Waals surface area (Å²) in [5, 5.41) is 3.68. The zero-order valence-electron chi connectivity index (χ0n) is 13.9. The predicted molar refractivity (Wildman–Crippen MR) is 98.7 cm³/mol. The maximum atomic E-state index is 5.88. The fraction of sp³-hybridized carbons (Fsp3) is 0.182. The summed E-state index contributed by atoms with van der Waals surface area (Å²) in [6.07, 6.45) is -0.0442. The number of nitrogens with one attached hydrogen (secondary N) is 1. The summed E-state index contributed by atoms with van der Waals surface area (Å²) >= 11 is 0. The molecule has 2 nitrogen and oxygen atoms in total. The van der Waals surface area contributed by atoms with Gasteiger partial charge in [0.1, 0.15) is 6.10 Å². The summed E-state index contributed by atoms with van der Waals surface area (Å²) in [5.41, 5.74) is 3.67. The van der Waals surface area contributed by atoms with E-state index < -0.39 is 0 Å². The molecule has 0 amide bonds. The molecular formula is C22H23NO. The van der Waals surface area contributed by atoms with E-state index in [9.17, 15) is 0 Å². The van der Waals surface area contributed by atoms with Gasteiger partial charge in [-0.2, -0.15) is 0 Å². The van der Waals surface area contributed by atoms with Gasteiger partial charge in [-0.25, -0.2) is 0 Å². The Hall–Kier alpha value is -2.42. The molecule has 0 saturated carbocycles. The minimum atomic E-state index is -0.0442. The van der Waals surface area contributed by atoms with Gasteiger partial charge in [0.25, 0.3) is 0 Å². The largest absolute Gasteiger partial charge is 0.375 e. The molecule has 0 radical (unpaired) electrons. The highest BCUT2D eigenvalue weighted by Gasteiger charge is 2.24. The lowest BCUT2D eigenvalue weighted by Crippen LogP contribution is -2.28. The zero-order valence-corrected chi connectivity index (χ0v) is 13.9. The molecule has 0 aliphatic carbocycles. The van der Waals surface area contributed by atoms with Gasteiger partial charge < -0.3 is 10.1 Å². The summed E-state index contributed by atoms with van der Waals surface area (Å²) in [4.78, 5) is 0. The minimum Gasteiger partial charge on any atom is -0.375 e. The van der Waals surface area contributed by atoms with Gasteiger partial charge in [0.05, 0.1) is 6.04 Å². The van der Waals surface area contributed by atoms with Crippen molar-refractivity contribution in [2.45, 2.75) is 18.7 Å². The van der Waals surface area contributed by atoms with Crippen molar-refractivity contribution in [2.75, 3.05) is 7.11 Å². The third-order valence-electron chi connectivity index (χ3n) is 4.21. The first-order chi connectivity index (χ1) is 11.9. The van der Waals surface area contributed by atoms with Gasteiger partial charge in [0.15, 0.2) is 0 Å². The second kappa shape index (κ2) is 8.44. The number of benzene rings is 3. The monoisotopic (exact) mass is 317 g/mol. The first kappa shape index (κ1) is 16.4. The van der Waals surface area contributed by atoms with Crippen molar-refractivity contribution in [2.24, 2.45) is 0 Å². The van der Waals surface area contributed by atoms with Crippen LogP contribution in [-0.4, -0.2) is 7.11 Å². The lowest BCUT2D eigenvalue weighted by atomic mass is 9.95. The zero-order chi connectivity index (χ0) is 16.6.